The second-order valence-corrected chi connectivity index (χ2v) is 6.06. The lowest BCUT2D eigenvalue weighted by molar-refractivity contribution is -0.138. The molecule has 1 rings (SSSR count). The number of nitrogens with two attached hydrogens (primary N) is 1. The average molecular weight is 269 g/mol. The number of nitrogens with zero attached hydrogens (tertiary/aromatic N) is 2. The van der Waals surface area contributed by atoms with Crippen LogP contribution in [0.25, 0.3) is 0 Å². The quantitative estimate of drug-likeness (QED) is 0.270. The molecule has 3 N–H and O–H groups in total. The van der Waals surface area contributed by atoms with Crippen molar-refractivity contribution in [1.82, 2.24) is 4.90 Å². The standard InChI is InChI=1S/C14H27N3O2/c1-11(2)10-17(3)13(18)14(12(15)16-19)8-6-4-5-7-9-14/h11,19H,4-10H2,1-3H3,(H2,15,16). The van der Waals surface area contributed by atoms with Crippen molar-refractivity contribution in [2.75, 3.05) is 13.6 Å². The summed E-state index contributed by atoms with van der Waals surface area (Å²) in [6.07, 6.45) is 5.51. The Hall–Kier alpha value is -1.26. The molecule has 0 spiro atoms. The van der Waals surface area contributed by atoms with Crippen LogP contribution in [0.2, 0.25) is 0 Å². The topological polar surface area (TPSA) is 78.9 Å². The molecule has 0 unspecified atom stereocenters. The molecule has 1 saturated carbocycles. The van der Waals surface area contributed by atoms with E-state index in [1.165, 1.54) is 0 Å². The molecule has 110 valence electrons. The van der Waals surface area contributed by atoms with E-state index < -0.39 is 5.41 Å². The van der Waals surface area contributed by atoms with E-state index in [0.717, 1.165) is 25.7 Å². The molecule has 0 aromatic heterocycles. The minimum atomic E-state index is -0.797. The van der Waals surface area contributed by atoms with Gasteiger partial charge in [-0.05, 0) is 18.8 Å². The molecule has 0 aromatic rings. The normalized spacial score (nSPS) is 20.1. The Labute approximate surface area is 115 Å². The van der Waals surface area contributed by atoms with Crippen molar-refractivity contribution in [3.63, 3.8) is 0 Å². The van der Waals surface area contributed by atoms with Gasteiger partial charge in [-0.25, -0.2) is 0 Å². The summed E-state index contributed by atoms with van der Waals surface area (Å²) in [6, 6.07) is 0. The van der Waals surface area contributed by atoms with Crippen LogP contribution in [0.3, 0.4) is 0 Å². The zero-order chi connectivity index (χ0) is 14.5. The molecule has 0 saturated heterocycles. The Morgan fingerprint density at radius 2 is 1.84 bits per heavy atom. The van der Waals surface area contributed by atoms with Gasteiger partial charge in [0.25, 0.3) is 0 Å². The third-order valence-corrected chi connectivity index (χ3v) is 3.95. The summed E-state index contributed by atoms with van der Waals surface area (Å²) in [6.45, 7) is 4.85. The van der Waals surface area contributed by atoms with Gasteiger partial charge in [0.05, 0.1) is 0 Å². The van der Waals surface area contributed by atoms with Gasteiger partial charge in [-0.15, -0.1) is 0 Å². The monoisotopic (exact) mass is 269 g/mol. The van der Waals surface area contributed by atoms with Crippen LogP contribution in [0.5, 0.6) is 0 Å². The maximum atomic E-state index is 12.8. The van der Waals surface area contributed by atoms with Gasteiger partial charge < -0.3 is 15.8 Å². The van der Waals surface area contributed by atoms with Gasteiger partial charge in [0.2, 0.25) is 5.91 Å². The van der Waals surface area contributed by atoms with Crippen LogP contribution < -0.4 is 5.73 Å². The average Bonchev–Trinajstić information content (AvgIpc) is 2.62. The van der Waals surface area contributed by atoms with E-state index in [1.54, 1.807) is 11.9 Å². The van der Waals surface area contributed by atoms with Crippen molar-refractivity contribution < 1.29 is 10.0 Å². The molecular formula is C14H27N3O2. The first-order chi connectivity index (χ1) is 8.94. The highest BCUT2D eigenvalue weighted by Gasteiger charge is 2.44. The van der Waals surface area contributed by atoms with Gasteiger partial charge in [0, 0.05) is 13.6 Å². The number of carbonyl (C=O) groups excluding carboxylic acids is 1. The summed E-state index contributed by atoms with van der Waals surface area (Å²) in [5.41, 5.74) is 5.08. The van der Waals surface area contributed by atoms with Gasteiger partial charge in [-0.2, -0.15) is 0 Å². The van der Waals surface area contributed by atoms with Gasteiger partial charge >= 0.3 is 0 Å². The fourth-order valence-corrected chi connectivity index (χ4v) is 3.00. The zero-order valence-electron chi connectivity index (χ0n) is 12.4. The van der Waals surface area contributed by atoms with Gasteiger partial charge in [-0.1, -0.05) is 44.7 Å². The minimum absolute atomic E-state index is 0.00148. The van der Waals surface area contributed by atoms with Crippen LogP contribution in [0.4, 0.5) is 0 Å². The Morgan fingerprint density at radius 3 is 2.26 bits per heavy atom. The first kappa shape index (κ1) is 15.8. The highest BCUT2D eigenvalue weighted by molar-refractivity contribution is 6.06. The molecule has 0 atom stereocenters. The van der Waals surface area contributed by atoms with Crippen LogP contribution in [-0.2, 0) is 4.79 Å². The maximum absolute atomic E-state index is 12.8. The Kier molecular flexibility index (Phi) is 5.63. The number of amides is 1. The highest BCUT2D eigenvalue weighted by Crippen LogP contribution is 2.37. The molecule has 0 aliphatic heterocycles. The summed E-state index contributed by atoms with van der Waals surface area (Å²) in [7, 11) is 1.81. The second-order valence-electron chi connectivity index (χ2n) is 6.06. The van der Waals surface area contributed by atoms with E-state index in [0.29, 0.717) is 25.3 Å². The number of amidine groups is 1. The van der Waals surface area contributed by atoms with Crippen LogP contribution >= 0.6 is 0 Å². The third-order valence-electron chi connectivity index (χ3n) is 3.95. The van der Waals surface area contributed by atoms with E-state index in [4.69, 9.17) is 10.9 Å². The smallest absolute Gasteiger partial charge is 0.236 e. The number of rotatable bonds is 4. The van der Waals surface area contributed by atoms with Gasteiger partial charge in [0.15, 0.2) is 5.84 Å². The molecule has 1 aliphatic rings. The van der Waals surface area contributed by atoms with E-state index in [9.17, 15) is 4.79 Å². The molecule has 0 aromatic carbocycles. The maximum Gasteiger partial charge on any atom is 0.236 e. The number of hydrogen-bond donors (Lipinski definition) is 2. The molecule has 5 heteroatoms. The zero-order valence-corrected chi connectivity index (χ0v) is 12.4. The Balaban J connectivity index is 2.98. The summed E-state index contributed by atoms with van der Waals surface area (Å²) in [5.74, 6) is 0.484. The Morgan fingerprint density at radius 1 is 1.32 bits per heavy atom. The SMILES string of the molecule is CC(C)CN(C)C(=O)C1(C(N)=NO)CCCCCC1. The van der Waals surface area contributed by atoms with E-state index >= 15 is 0 Å². The van der Waals surface area contributed by atoms with Crippen molar-refractivity contribution in [2.24, 2.45) is 22.2 Å². The number of oxime groups is 1. The number of hydrogen-bond acceptors (Lipinski definition) is 3. The molecular weight excluding hydrogens is 242 g/mol. The molecule has 1 amide bonds. The fourth-order valence-electron chi connectivity index (χ4n) is 3.00. The van der Waals surface area contributed by atoms with Crippen LogP contribution in [0, 0.1) is 11.3 Å². The predicted octanol–water partition coefficient (Wildman–Crippen LogP) is 2.19. The third kappa shape index (κ3) is 3.61. The van der Waals surface area contributed by atoms with Crippen molar-refractivity contribution in [2.45, 2.75) is 52.4 Å². The molecule has 0 bridgehead atoms. The molecule has 5 nitrogen and oxygen atoms in total. The minimum Gasteiger partial charge on any atom is -0.409 e. The fraction of sp³-hybridized carbons (Fsp3) is 0.857. The lowest BCUT2D eigenvalue weighted by Gasteiger charge is -2.34. The van der Waals surface area contributed by atoms with Crippen LogP contribution in [0.15, 0.2) is 5.16 Å². The first-order valence-corrected chi connectivity index (χ1v) is 7.17. The molecule has 1 aliphatic carbocycles. The van der Waals surface area contributed by atoms with Gasteiger partial charge in [-0.3, -0.25) is 4.79 Å². The lowest BCUT2D eigenvalue weighted by atomic mass is 9.77. The van der Waals surface area contributed by atoms with Gasteiger partial charge in [0.1, 0.15) is 5.41 Å². The van der Waals surface area contributed by atoms with E-state index in [2.05, 4.69) is 19.0 Å². The lowest BCUT2D eigenvalue weighted by Crippen LogP contribution is -2.50. The molecule has 1 fully saturated rings. The largest absolute Gasteiger partial charge is 0.409 e. The summed E-state index contributed by atoms with van der Waals surface area (Å²) >= 11 is 0. The van der Waals surface area contributed by atoms with E-state index in [1.807, 2.05) is 0 Å². The molecule has 0 heterocycles. The highest BCUT2D eigenvalue weighted by atomic mass is 16.4. The van der Waals surface area contributed by atoms with Crippen molar-refractivity contribution >= 4 is 11.7 Å². The van der Waals surface area contributed by atoms with Crippen molar-refractivity contribution in [3.8, 4) is 0 Å². The van der Waals surface area contributed by atoms with E-state index in [-0.39, 0.29) is 11.7 Å². The van der Waals surface area contributed by atoms with Crippen LogP contribution in [0.1, 0.15) is 52.4 Å². The van der Waals surface area contributed by atoms with Crippen LogP contribution in [-0.4, -0.2) is 35.4 Å². The summed E-state index contributed by atoms with van der Waals surface area (Å²) in [4.78, 5) is 14.5. The number of carbonyl (C=O) groups is 1. The summed E-state index contributed by atoms with van der Waals surface area (Å²) < 4.78 is 0. The molecule has 0 radical (unpaired) electrons. The first-order valence-electron chi connectivity index (χ1n) is 7.17. The summed E-state index contributed by atoms with van der Waals surface area (Å²) in [5, 5.41) is 12.2. The molecule has 19 heavy (non-hydrogen) atoms. The van der Waals surface area contributed by atoms with Crippen molar-refractivity contribution in [3.05, 3.63) is 0 Å². The second kappa shape index (κ2) is 6.78. The predicted molar refractivity (Wildman–Crippen MR) is 76.0 cm³/mol. The Bertz CT molecular complexity index is 332. The van der Waals surface area contributed by atoms with Crippen molar-refractivity contribution in [1.29, 1.82) is 0 Å².